The van der Waals surface area contributed by atoms with E-state index in [1.165, 1.54) is 5.56 Å². The summed E-state index contributed by atoms with van der Waals surface area (Å²) >= 11 is 3.39. The van der Waals surface area contributed by atoms with Crippen molar-refractivity contribution >= 4 is 39.1 Å². The molecule has 1 fully saturated rings. The maximum absolute atomic E-state index is 12.7. The molecule has 0 atom stereocenters. The van der Waals surface area contributed by atoms with Crippen molar-refractivity contribution in [1.29, 1.82) is 0 Å². The third-order valence-electron chi connectivity index (χ3n) is 6.09. The molecule has 0 aromatic heterocycles. The molecular formula is C25H29BrN4O2. The van der Waals surface area contributed by atoms with Crippen molar-refractivity contribution in [2.45, 2.75) is 44.7 Å². The van der Waals surface area contributed by atoms with Gasteiger partial charge in [0.2, 0.25) is 5.91 Å². The molecule has 2 aromatic rings. The molecule has 2 aliphatic heterocycles. The topological polar surface area (TPSA) is 73.8 Å². The van der Waals surface area contributed by atoms with Crippen molar-refractivity contribution in [2.75, 3.05) is 25.0 Å². The van der Waals surface area contributed by atoms with E-state index >= 15 is 0 Å². The molecule has 2 N–H and O–H groups in total. The first-order valence-electron chi connectivity index (χ1n) is 10.9. The molecule has 0 aliphatic carbocycles. The van der Waals surface area contributed by atoms with Gasteiger partial charge in [-0.2, -0.15) is 0 Å². The van der Waals surface area contributed by atoms with E-state index in [1.54, 1.807) is 0 Å². The zero-order valence-electron chi connectivity index (χ0n) is 18.7. The smallest absolute Gasteiger partial charge is 0.272 e. The maximum Gasteiger partial charge on any atom is 0.272 e. The van der Waals surface area contributed by atoms with Gasteiger partial charge in [0, 0.05) is 41.7 Å². The number of hydrogen-bond acceptors (Lipinski definition) is 4. The summed E-state index contributed by atoms with van der Waals surface area (Å²) in [7, 11) is 0. The Morgan fingerprint density at radius 2 is 1.72 bits per heavy atom. The summed E-state index contributed by atoms with van der Waals surface area (Å²) in [5.41, 5.74) is 2.87. The number of halogens is 1. The van der Waals surface area contributed by atoms with Crippen molar-refractivity contribution in [2.24, 2.45) is 4.99 Å². The molecule has 168 valence electrons. The number of carbonyl (C=O) groups is 2. The van der Waals surface area contributed by atoms with Crippen LogP contribution in [0.4, 0.5) is 5.69 Å². The zero-order chi connectivity index (χ0) is 22.9. The van der Waals surface area contributed by atoms with Crippen LogP contribution in [0.5, 0.6) is 0 Å². The Labute approximate surface area is 197 Å². The Morgan fingerprint density at radius 1 is 1.09 bits per heavy atom. The Morgan fingerprint density at radius 3 is 2.31 bits per heavy atom. The largest absolute Gasteiger partial charge is 0.326 e. The fourth-order valence-electron chi connectivity index (χ4n) is 4.14. The fourth-order valence-corrected chi connectivity index (χ4v) is 4.41. The average Bonchev–Trinajstić information content (AvgIpc) is 3.07. The fraction of sp³-hybridized carbons (Fsp3) is 0.400. The third-order valence-corrected chi connectivity index (χ3v) is 6.62. The molecule has 6 nitrogen and oxygen atoms in total. The third kappa shape index (κ3) is 5.10. The standard InChI is InChI=1S/C25H29BrN4O2/c1-24(2,3)18-6-4-17(5-7-18)22-23(32)29-25(28-22)12-14-30(15-13-25)16-21(31)27-20-10-8-19(26)9-11-20/h4-11H,12-16H2,1-3H3,(H,27,31)(H,29,32). The summed E-state index contributed by atoms with van der Waals surface area (Å²) in [6.45, 7) is 8.24. The van der Waals surface area contributed by atoms with Crippen LogP contribution in [0.3, 0.4) is 0 Å². The number of aliphatic imine (C=N–C) groups is 1. The van der Waals surface area contributed by atoms with Crippen molar-refractivity contribution < 1.29 is 9.59 Å². The molecule has 2 aliphatic rings. The van der Waals surface area contributed by atoms with Gasteiger partial charge in [0.25, 0.3) is 5.91 Å². The van der Waals surface area contributed by atoms with Gasteiger partial charge in [-0.1, -0.05) is 61.0 Å². The molecule has 7 heteroatoms. The summed E-state index contributed by atoms with van der Waals surface area (Å²) in [5.74, 6) is -0.156. The number of anilines is 1. The second-order valence-corrected chi connectivity index (χ2v) is 10.5. The van der Waals surface area contributed by atoms with Crippen LogP contribution in [0, 0.1) is 0 Å². The van der Waals surface area contributed by atoms with E-state index in [1.807, 2.05) is 36.4 Å². The minimum atomic E-state index is -0.562. The van der Waals surface area contributed by atoms with E-state index < -0.39 is 5.66 Å². The Hall–Kier alpha value is -2.51. The van der Waals surface area contributed by atoms with Crippen LogP contribution in [0.25, 0.3) is 0 Å². The summed E-state index contributed by atoms with van der Waals surface area (Å²) in [4.78, 5) is 32.0. The molecule has 0 bridgehead atoms. The number of piperidine rings is 1. The number of benzene rings is 2. The van der Waals surface area contributed by atoms with Crippen molar-refractivity contribution in [1.82, 2.24) is 10.2 Å². The summed E-state index contributed by atoms with van der Waals surface area (Å²) < 4.78 is 0.973. The van der Waals surface area contributed by atoms with Crippen LogP contribution in [0.2, 0.25) is 0 Å². The van der Waals surface area contributed by atoms with Gasteiger partial charge in [-0.25, -0.2) is 0 Å². The lowest BCUT2D eigenvalue weighted by atomic mass is 9.86. The average molecular weight is 497 g/mol. The first kappa shape index (κ1) is 22.7. The van der Waals surface area contributed by atoms with Crippen LogP contribution >= 0.6 is 15.9 Å². The van der Waals surface area contributed by atoms with Crippen LogP contribution in [0.15, 0.2) is 58.0 Å². The number of rotatable bonds is 4. The van der Waals surface area contributed by atoms with E-state index in [0.717, 1.165) is 15.7 Å². The molecular weight excluding hydrogens is 468 g/mol. The van der Waals surface area contributed by atoms with Gasteiger partial charge in [0.1, 0.15) is 11.4 Å². The lowest BCUT2D eigenvalue weighted by Crippen LogP contribution is -2.52. The highest BCUT2D eigenvalue weighted by Gasteiger charge is 2.42. The lowest BCUT2D eigenvalue weighted by Gasteiger charge is -2.36. The van der Waals surface area contributed by atoms with Crippen LogP contribution in [-0.2, 0) is 15.0 Å². The molecule has 0 saturated carbocycles. The van der Waals surface area contributed by atoms with Gasteiger partial charge in [-0.3, -0.25) is 19.5 Å². The van der Waals surface area contributed by atoms with E-state index in [2.05, 4.69) is 64.4 Å². The monoisotopic (exact) mass is 496 g/mol. The van der Waals surface area contributed by atoms with Gasteiger partial charge in [0.05, 0.1) is 6.54 Å². The van der Waals surface area contributed by atoms with Gasteiger partial charge >= 0.3 is 0 Å². The van der Waals surface area contributed by atoms with E-state index in [-0.39, 0.29) is 17.2 Å². The van der Waals surface area contributed by atoms with E-state index in [4.69, 9.17) is 4.99 Å². The predicted molar refractivity (Wildman–Crippen MR) is 131 cm³/mol. The Balaban J connectivity index is 1.36. The summed E-state index contributed by atoms with van der Waals surface area (Å²) in [6.07, 6.45) is 1.38. The molecule has 0 radical (unpaired) electrons. The SMILES string of the molecule is CC(C)(C)c1ccc(C2=NC3(CCN(CC(=O)Nc4ccc(Br)cc4)CC3)NC2=O)cc1. The van der Waals surface area contributed by atoms with E-state index in [9.17, 15) is 9.59 Å². The highest BCUT2D eigenvalue weighted by atomic mass is 79.9. The summed E-state index contributed by atoms with van der Waals surface area (Å²) in [5, 5.41) is 6.04. The number of likely N-dealkylation sites (tertiary alicyclic amines) is 1. The minimum Gasteiger partial charge on any atom is -0.326 e. The maximum atomic E-state index is 12.7. The number of amides is 2. The molecule has 2 heterocycles. The second-order valence-electron chi connectivity index (χ2n) is 9.60. The van der Waals surface area contributed by atoms with Gasteiger partial charge in [-0.15, -0.1) is 0 Å². The predicted octanol–water partition coefficient (Wildman–Crippen LogP) is 4.10. The number of nitrogens with one attached hydrogen (secondary N) is 2. The van der Waals surface area contributed by atoms with Crippen molar-refractivity contribution in [3.05, 3.63) is 64.1 Å². The Kier molecular flexibility index (Phi) is 6.23. The molecule has 1 spiro atoms. The van der Waals surface area contributed by atoms with Crippen LogP contribution in [0.1, 0.15) is 44.7 Å². The molecule has 0 unspecified atom stereocenters. The first-order valence-corrected chi connectivity index (χ1v) is 11.7. The number of carbonyl (C=O) groups excluding carboxylic acids is 2. The van der Waals surface area contributed by atoms with Gasteiger partial charge < -0.3 is 10.6 Å². The molecule has 2 aromatic carbocycles. The second kappa shape index (κ2) is 8.79. The highest BCUT2D eigenvalue weighted by Crippen LogP contribution is 2.29. The summed E-state index contributed by atoms with van der Waals surface area (Å²) in [6, 6.07) is 15.6. The molecule has 1 saturated heterocycles. The van der Waals surface area contributed by atoms with Crippen LogP contribution < -0.4 is 10.6 Å². The van der Waals surface area contributed by atoms with Crippen LogP contribution in [-0.4, -0.2) is 47.7 Å². The Bertz CT molecular complexity index is 1030. The normalized spacial score (nSPS) is 18.4. The minimum absolute atomic E-state index is 0.0399. The van der Waals surface area contributed by atoms with Crippen molar-refractivity contribution in [3.63, 3.8) is 0 Å². The first-order chi connectivity index (χ1) is 15.1. The molecule has 32 heavy (non-hydrogen) atoms. The van der Waals surface area contributed by atoms with E-state index in [0.29, 0.717) is 38.2 Å². The quantitative estimate of drug-likeness (QED) is 0.668. The number of nitrogens with zero attached hydrogens (tertiary/aromatic N) is 2. The van der Waals surface area contributed by atoms with Gasteiger partial charge in [-0.05, 0) is 35.2 Å². The zero-order valence-corrected chi connectivity index (χ0v) is 20.3. The molecule has 4 rings (SSSR count). The number of hydrogen-bond donors (Lipinski definition) is 2. The molecule has 2 amide bonds. The lowest BCUT2D eigenvalue weighted by molar-refractivity contribution is -0.119. The van der Waals surface area contributed by atoms with Gasteiger partial charge in [0.15, 0.2) is 0 Å². The highest BCUT2D eigenvalue weighted by molar-refractivity contribution is 9.10. The van der Waals surface area contributed by atoms with Crippen molar-refractivity contribution in [3.8, 4) is 0 Å².